The van der Waals surface area contributed by atoms with Crippen LogP contribution in [0.4, 0.5) is 0 Å². The van der Waals surface area contributed by atoms with E-state index in [1.165, 1.54) is 6.08 Å². The molecule has 66 valence electrons. The molecule has 0 saturated heterocycles. The lowest BCUT2D eigenvalue weighted by atomic mass is 10.00. The third-order valence-electron chi connectivity index (χ3n) is 2.45. The first-order valence-corrected chi connectivity index (χ1v) is 4.16. The summed E-state index contributed by atoms with van der Waals surface area (Å²) in [4.78, 5) is 11.6. The molecular weight excluding hydrogens is 164 g/mol. The van der Waals surface area contributed by atoms with Crippen LogP contribution in [0.5, 0.6) is 0 Å². The average molecular weight is 174 g/mol. The Labute approximate surface area is 76.5 Å². The Kier molecular flexibility index (Phi) is 1.60. The van der Waals surface area contributed by atoms with Gasteiger partial charge in [0.1, 0.15) is 5.60 Å². The second kappa shape index (κ2) is 2.54. The molecule has 13 heavy (non-hydrogen) atoms. The van der Waals surface area contributed by atoms with E-state index in [1.54, 1.807) is 12.1 Å². The Hall–Kier alpha value is -1.41. The standard InChI is InChI=1S/C11H10O2/c1-2-11(13)7-8-5-3-4-6-9(8)10(11)12/h2-6,13H,1,7H2/t11-/m1/s1. The van der Waals surface area contributed by atoms with Crippen molar-refractivity contribution < 1.29 is 9.90 Å². The highest BCUT2D eigenvalue weighted by atomic mass is 16.3. The molecule has 0 radical (unpaired) electrons. The molecule has 0 amide bonds. The smallest absolute Gasteiger partial charge is 0.198 e. The highest BCUT2D eigenvalue weighted by Crippen LogP contribution is 2.30. The van der Waals surface area contributed by atoms with Gasteiger partial charge in [0.25, 0.3) is 0 Å². The molecule has 1 atom stereocenters. The topological polar surface area (TPSA) is 37.3 Å². The van der Waals surface area contributed by atoms with Gasteiger partial charge in [-0.15, -0.1) is 0 Å². The van der Waals surface area contributed by atoms with Crippen LogP contribution in [-0.4, -0.2) is 16.5 Å². The van der Waals surface area contributed by atoms with E-state index in [0.717, 1.165) is 5.56 Å². The van der Waals surface area contributed by atoms with E-state index in [0.29, 0.717) is 12.0 Å². The maximum Gasteiger partial charge on any atom is 0.198 e. The predicted molar refractivity (Wildman–Crippen MR) is 49.6 cm³/mol. The molecule has 0 spiro atoms. The Bertz CT molecular complexity index is 381. The van der Waals surface area contributed by atoms with Crippen molar-refractivity contribution >= 4 is 5.78 Å². The third-order valence-corrected chi connectivity index (χ3v) is 2.45. The van der Waals surface area contributed by atoms with E-state index >= 15 is 0 Å². The molecule has 0 heterocycles. The number of carbonyl (C=O) groups is 1. The number of carbonyl (C=O) groups excluding carboxylic acids is 1. The van der Waals surface area contributed by atoms with Crippen molar-refractivity contribution in [3.8, 4) is 0 Å². The number of hydrogen-bond donors (Lipinski definition) is 1. The molecule has 1 aromatic rings. The van der Waals surface area contributed by atoms with E-state index in [-0.39, 0.29) is 5.78 Å². The molecule has 1 aliphatic rings. The van der Waals surface area contributed by atoms with Crippen LogP contribution in [0.25, 0.3) is 0 Å². The SMILES string of the molecule is C=C[C@@]1(O)Cc2ccccc2C1=O. The summed E-state index contributed by atoms with van der Waals surface area (Å²) in [7, 11) is 0. The Morgan fingerprint density at radius 3 is 2.77 bits per heavy atom. The summed E-state index contributed by atoms with van der Waals surface area (Å²) >= 11 is 0. The van der Waals surface area contributed by atoms with Gasteiger partial charge in [0.05, 0.1) is 0 Å². The lowest BCUT2D eigenvalue weighted by Gasteiger charge is -2.13. The van der Waals surface area contributed by atoms with Crippen LogP contribution in [0.3, 0.4) is 0 Å². The van der Waals surface area contributed by atoms with Crippen molar-refractivity contribution in [2.45, 2.75) is 12.0 Å². The highest BCUT2D eigenvalue weighted by molar-refractivity contribution is 6.07. The maximum absolute atomic E-state index is 11.6. The molecule has 0 aliphatic heterocycles. The van der Waals surface area contributed by atoms with Crippen molar-refractivity contribution in [2.75, 3.05) is 0 Å². The van der Waals surface area contributed by atoms with Crippen molar-refractivity contribution in [2.24, 2.45) is 0 Å². The fourth-order valence-electron chi connectivity index (χ4n) is 1.66. The van der Waals surface area contributed by atoms with Gasteiger partial charge < -0.3 is 5.11 Å². The molecule has 0 bridgehead atoms. The average Bonchev–Trinajstić information content (AvgIpc) is 2.41. The number of ketones is 1. The summed E-state index contributed by atoms with van der Waals surface area (Å²) in [5, 5.41) is 9.82. The number of Topliss-reactive ketones (excluding diaryl/α,β-unsaturated/α-hetero) is 1. The summed E-state index contributed by atoms with van der Waals surface area (Å²) in [6.07, 6.45) is 1.67. The Morgan fingerprint density at radius 1 is 1.46 bits per heavy atom. The molecular formula is C11H10O2. The number of rotatable bonds is 1. The van der Waals surface area contributed by atoms with Crippen LogP contribution >= 0.6 is 0 Å². The van der Waals surface area contributed by atoms with Crippen LogP contribution in [-0.2, 0) is 6.42 Å². The van der Waals surface area contributed by atoms with Gasteiger partial charge in [-0.05, 0) is 5.56 Å². The van der Waals surface area contributed by atoms with Crippen LogP contribution in [0.1, 0.15) is 15.9 Å². The molecule has 1 N–H and O–H groups in total. The first-order chi connectivity index (χ1) is 6.17. The highest BCUT2D eigenvalue weighted by Gasteiger charge is 2.40. The van der Waals surface area contributed by atoms with Gasteiger partial charge >= 0.3 is 0 Å². The normalized spacial score (nSPS) is 25.8. The number of fused-ring (bicyclic) bond motifs is 1. The Morgan fingerprint density at radius 2 is 2.15 bits per heavy atom. The number of hydrogen-bond acceptors (Lipinski definition) is 2. The summed E-state index contributed by atoms with van der Waals surface area (Å²) in [6, 6.07) is 7.25. The molecule has 0 aromatic heterocycles. The molecule has 1 aliphatic carbocycles. The van der Waals surface area contributed by atoms with E-state index in [1.807, 2.05) is 12.1 Å². The molecule has 0 saturated carbocycles. The van der Waals surface area contributed by atoms with E-state index in [9.17, 15) is 9.90 Å². The first-order valence-electron chi connectivity index (χ1n) is 4.16. The van der Waals surface area contributed by atoms with E-state index in [4.69, 9.17) is 0 Å². The second-order valence-corrected chi connectivity index (χ2v) is 3.29. The zero-order valence-electron chi connectivity index (χ0n) is 7.16. The van der Waals surface area contributed by atoms with Crippen molar-refractivity contribution in [3.63, 3.8) is 0 Å². The molecule has 0 fully saturated rings. The van der Waals surface area contributed by atoms with Crippen LogP contribution < -0.4 is 0 Å². The minimum Gasteiger partial charge on any atom is -0.377 e. The van der Waals surface area contributed by atoms with Crippen LogP contribution in [0.15, 0.2) is 36.9 Å². The molecule has 2 rings (SSSR count). The molecule has 1 aromatic carbocycles. The predicted octanol–water partition coefficient (Wildman–Crippen LogP) is 1.34. The Balaban J connectivity index is 2.55. The maximum atomic E-state index is 11.6. The van der Waals surface area contributed by atoms with Crippen molar-refractivity contribution in [1.29, 1.82) is 0 Å². The van der Waals surface area contributed by atoms with Gasteiger partial charge in [0, 0.05) is 12.0 Å². The minimum absolute atomic E-state index is 0.238. The van der Waals surface area contributed by atoms with Gasteiger partial charge in [-0.1, -0.05) is 36.9 Å². The van der Waals surface area contributed by atoms with Gasteiger partial charge in [0.15, 0.2) is 5.78 Å². The fraction of sp³-hybridized carbons (Fsp3) is 0.182. The lowest BCUT2D eigenvalue weighted by molar-refractivity contribution is 0.0577. The van der Waals surface area contributed by atoms with E-state index < -0.39 is 5.60 Å². The fourth-order valence-corrected chi connectivity index (χ4v) is 1.66. The molecule has 2 heteroatoms. The van der Waals surface area contributed by atoms with Gasteiger partial charge in [-0.25, -0.2) is 0 Å². The third kappa shape index (κ3) is 1.03. The van der Waals surface area contributed by atoms with Crippen LogP contribution in [0, 0.1) is 0 Å². The van der Waals surface area contributed by atoms with Crippen LogP contribution in [0.2, 0.25) is 0 Å². The number of aliphatic hydroxyl groups is 1. The lowest BCUT2D eigenvalue weighted by Crippen LogP contribution is -2.32. The largest absolute Gasteiger partial charge is 0.377 e. The number of benzene rings is 1. The van der Waals surface area contributed by atoms with Crippen molar-refractivity contribution in [1.82, 2.24) is 0 Å². The molecule has 2 nitrogen and oxygen atoms in total. The first kappa shape index (κ1) is 8.20. The zero-order chi connectivity index (χ0) is 9.47. The van der Waals surface area contributed by atoms with E-state index in [2.05, 4.69) is 6.58 Å². The van der Waals surface area contributed by atoms with Crippen molar-refractivity contribution in [3.05, 3.63) is 48.0 Å². The minimum atomic E-state index is -1.37. The summed E-state index contributed by atoms with van der Waals surface area (Å²) in [6.45, 7) is 3.48. The van der Waals surface area contributed by atoms with Gasteiger partial charge in [-0.2, -0.15) is 0 Å². The second-order valence-electron chi connectivity index (χ2n) is 3.29. The quantitative estimate of drug-likeness (QED) is 0.652. The monoisotopic (exact) mass is 174 g/mol. The molecule has 0 unspecified atom stereocenters. The summed E-state index contributed by atoms with van der Waals surface area (Å²) in [5.74, 6) is -0.238. The van der Waals surface area contributed by atoms with Gasteiger partial charge in [-0.3, -0.25) is 4.79 Å². The van der Waals surface area contributed by atoms with Gasteiger partial charge in [0.2, 0.25) is 0 Å². The zero-order valence-corrected chi connectivity index (χ0v) is 7.16. The summed E-state index contributed by atoms with van der Waals surface area (Å²) in [5.41, 5.74) is 0.142. The summed E-state index contributed by atoms with van der Waals surface area (Å²) < 4.78 is 0.